The van der Waals surface area contributed by atoms with E-state index in [4.69, 9.17) is 11.6 Å². The van der Waals surface area contributed by atoms with Gasteiger partial charge in [0.05, 0.1) is 10.6 Å². The highest BCUT2D eigenvalue weighted by Gasteiger charge is 2.12. The molecule has 0 aliphatic rings. The van der Waals surface area contributed by atoms with Crippen molar-refractivity contribution in [3.05, 3.63) is 69.4 Å². The number of halogens is 2. The van der Waals surface area contributed by atoms with Crippen LogP contribution in [0.5, 0.6) is 0 Å². The third-order valence-corrected chi connectivity index (χ3v) is 3.99. The zero-order valence-electron chi connectivity index (χ0n) is 14.3. The Morgan fingerprint density at radius 2 is 2.04 bits per heavy atom. The van der Waals surface area contributed by atoms with Crippen LogP contribution >= 0.6 is 11.6 Å². The first kappa shape index (κ1) is 19.3. The summed E-state index contributed by atoms with van der Waals surface area (Å²) in [6, 6.07) is 10.1. The topological polar surface area (TPSA) is 117 Å². The summed E-state index contributed by atoms with van der Waals surface area (Å²) in [4.78, 5) is 37.5. The van der Waals surface area contributed by atoms with Gasteiger partial charge in [-0.2, -0.15) is 0 Å². The SMILES string of the molecule is O=C(CCNC(=O)c1ccc(F)cc1Cl)Nc1cccc(-c2noc(=O)[nH]2)c1. The van der Waals surface area contributed by atoms with E-state index < -0.39 is 17.5 Å². The van der Waals surface area contributed by atoms with Gasteiger partial charge in [0.25, 0.3) is 5.91 Å². The molecule has 3 N–H and O–H groups in total. The molecule has 0 bridgehead atoms. The van der Waals surface area contributed by atoms with Crippen LogP contribution in [0.15, 0.2) is 51.8 Å². The Balaban J connectivity index is 1.53. The molecule has 10 heteroatoms. The molecule has 0 saturated heterocycles. The summed E-state index contributed by atoms with van der Waals surface area (Å²) >= 11 is 5.83. The summed E-state index contributed by atoms with van der Waals surface area (Å²) in [5, 5.41) is 8.79. The van der Waals surface area contributed by atoms with E-state index >= 15 is 0 Å². The van der Waals surface area contributed by atoms with E-state index in [1.54, 1.807) is 24.3 Å². The monoisotopic (exact) mass is 404 g/mol. The predicted molar refractivity (Wildman–Crippen MR) is 99.5 cm³/mol. The summed E-state index contributed by atoms with van der Waals surface area (Å²) in [6.07, 6.45) is 0.00950. The number of nitrogens with one attached hydrogen (secondary N) is 3. The number of hydrogen-bond donors (Lipinski definition) is 3. The molecule has 1 heterocycles. The maximum absolute atomic E-state index is 13.0. The average molecular weight is 405 g/mol. The molecule has 28 heavy (non-hydrogen) atoms. The molecule has 0 unspecified atom stereocenters. The number of nitrogens with zero attached hydrogens (tertiary/aromatic N) is 1. The molecule has 8 nitrogen and oxygen atoms in total. The Hall–Kier alpha value is -3.46. The maximum atomic E-state index is 13.0. The molecule has 3 aromatic rings. The number of benzene rings is 2. The summed E-state index contributed by atoms with van der Waals surface area (Å²) in [5.41, 5.74) is 1.17. The Labute approximate surface area is 162 Å². The fourth-order valence-corrected chi connectivity index (χ4v) is 2.63. The second-order valence-corrected chi connectivity index (χ2v) is 6.11. The number of carbonyl (C=O) groups excluding carboxylic acids is 2. The smallest absolute Gasteiger partial charge is 0.351 e. The molecule has 0 fully saturated rings. The van der Waals surface area contributed by atoms with Crippen molar-refractivity contribution in [2.75, 3.05) is 11.9 Å². The Kier molecular flexibility index (Phi) is 5.85. The number of rotatable bonds is 6. The summed E-state index contributed by atoms with van der Waals surface area (Å²) in [6.45, 7) is 0.0642. The van der Waals surface area contributed by atoms with Crippen LogP contribution in [0.2, 0.25) is 5.02 Å². The van der Waals surface area contributed by atoms with Crippen LogP contribution in [-0.4, -0.2) is 28.5 Å². The van der Waals surface area contributed by atoms with E-state index in [2.05, 4.69) is 25.3 Å². The molecule has 0 atom stereocenters. The Morgan fingerprint density at radius 3 is 2.75 bits per heavy atom. The van der Waals surface area contributed by atoms with Gasteiger partial charge in [-0.05, 0) is 30.3 Å². The summed E-state index contributed by atoms with van der Waals surface area (Å²) in [5.74, 6) is -1.82. The maximum Gasteiger partial charge on any atom is 0.439 e. The number of aromatic amines is 1. The van der Waals surface area contributed by atoms with Crippen molar-refractivity contribution in [2.45, 2.75) is 6.42 Å². The Morgan fingerprint density at radius 1 is 1.21 bits per heavy atom. The van der Waals surface area contributed by atoms with E-state index in [0.29, 0.717) is 11.3 Å². The number of H-pyrrole nitrogens is 1. The minimum Gasteiger partial charge on any atom is -0.351 e. The molecular formula is C18H14ClFN4O4. The first-order valence-electron chi connectivity index (χ1n) is 8.12. The lowest BCUT2D eigenvalue weighted by molar-refractivity contribution is -0.116. The first-order chi connectivity index (χ1) is 13.4. The molecule has 1 aromatic heterocycles. The molecular weight excluding hydrogens is 391 g/mol. The predicted octanol–water partition coefficient (Wildman–Crippen LogP) is 2.58. The van der Waals surface area contributed by atoms with Crippen LogP contribution in [0.4, 0.5) is 10.1 Å². The summed E-state index contributed by atoms with van der Waals surface area (Å²) in [7, 11) is 0. The highest BCUT2D eigenvalue weighted by molar-refractivity contribution is 6.33. The third-order valence-electron chi connectivity index (χ3n) is 3.67. The zero-order valence-corrected chi connectivity index (χ0v) is 15.0. The zero-order chi connectivity index (χ0) is 20.1. The van der Waals surface area contributed by atoms with Gasteiger partial charge in [-0.1, -0.05) is 28.9 Å². The van der Waals surface area contributed by atoms with E-state index in [1.165, 1.54) is 6.07 Å². The molecule has 2 aromatic carbocycles. The molecule has 144 valence electrons. The molecule has 3 rings (SSSR count). The van der Waals surface area contributed by atoms with Crippen LogP contribution in [-0.2, 0) is 4.79 Å². The highest BCUT2D eigenvalue weighted by Crippen LogP contribution is 2.19. The lowest BCUT2D eigenvalue weighted by Gasteiger charge is -2.08. The van der Waals surface area contributed by atoms with Crippen LogP contribution in [0.1, 0.15) is 16.8 Å². The Bertz CT molecular complexity index is 1080. The van der Waals surface area contributed by atoms with Gasteiger partial charge >= 0.3 is 5.76 Å². The average Bonchev–Trinajstić information content (AvgIpc) is 3.08. The second kappa shape index (κ2) is 8.49. The number of carbonyl (C=O) groups is 2. The number of anilines is 1. The fourth-order valence-electron chi connectivity index (χ4n) is 2.38. The van der Waals surface area contributed by atoms with E-state index in [9.17, 15) is 18.8 Å². The van der Waals surface area contributed by atoms with Crippen molar-refractivity contribution in [2.24, 2.45) is 0 Å². The quantitative estimate of drug-likeness (QED) is 0.583. The summed E-state index contributed by atoms with van der Waals surface area (Å²) < 4.78 is 17.5. The standard InChI is InChI=1S/C18H14ClFN4O4/c19-14-9-11(20)4-5-13(14)17(26)21-7-6-15(25)22-12-3-1-2-10(8-12)16-23-18(27)28-24-16/h1-5,8-9H,6-7H2,(H,21,26)(H,22,25)(H,23,24,27). The molecule has 0 spiro atoms. The van der Waals surface area contributed by atoms with E-state index in [-0.39, 0.29) is 35.3 Å². The van der Waals surface area contributed by atoms with Crippen molar-refractivity contribution < 1.29 is 18.5 Å². The van der Waals surface area contributed by atoms with Crippen LogP contribution in [0, 0.1) is 5.82 Å². The van der Waals surface area contributed by atoms with Crippen LogP contribution < -0.4 is 16.4 Å². The second-order valence-electron chi connectivity index (χ2n) is 5.70. The van der Waals surface area contributed by atoms with Gasteiger partial charge in [-0.15, -0.1) is 0 Å². The largest absolute Gasteiger partial charge is 0.439 e. The van der Waals surface area contributed by atoms with Crippen LogP contribution in [0.25, 0.3) is 11.4 Å². The van der Waals surface area contributed by atoms with Gasteiger partial charge in [-0.3, -0.25) is 19.1 Å². The lowest BCUT2D eigenvalue weighted by Crippen LogP contribution is -2.27. The number of hydrogen-bond acceptors (Lipinski definition) is 5. The first-order valence-corrected chi connectivity index (χ1v) is 8.50. The number of aromatic nitrogens is 2. The minimum absolute atomic E-state index is 0.00950. The number of amides is 2. The minimum atomic E-state index is -0.679. The molecule has 0 saturated carbocycles. The van der Waals surface area contributed by atoms with Crippen molar-refractivity contribution >= 4 is 29.1 Å². The van der Waals surface area contributed by atoms with Gasteiger partial charge in [0.1, 0.15) is 5.82 Å². The van der Waals surface area contributed by atoms with Gasteiger partial charge in [-0.25, -0.2) is 9.18 Å². The van der Waals surface area contributed by atoms with Crippen molar-refractivity contribution in [3.8, 4) is 11.4 Å². The van der Waals surface area contributed by atoms with Crippen molar-refractivity contribution in [1.29, 1.82) is 0 Å². The van der Waals surface area contributed by atoms with Gasteiger partial charge in [0, 0.05) is 24.2 Å². The third kappa shape index (κ3) is 4.83. The molecule has 2 amide bonds. The molecule has 0 aliphatic heterocycles. The normalized spacial score (nSPS) is 10.5. The highest BCUT2D eigenvalue weighted by atomic mass is 35.5. The molecule has 0 aliphatic carbocycles. The van der Waals surface area contributed by atoms with Gasteiger partial charge in [0.15, 0.2) is 5.82 Å². The van der Waals surface area contributed by atoms with Gasteiger partial charge < -0.3 is 10.6 Å². The molecule has 0 radical (unpaired) electrons. The fraction of sp³-hybridized carbons (Fsp3) is 0.111. The lowest BCUT2D eigenvalue weighted by atomic mass is 10.2. The van der Waals surface area contributed by atoms with E-state index in [0.717, 1.165) is 12.1 Å². The van der Waals surface area contributed by atoms with Crippen molar-refractivity contribution in [1.82, 2.24) is 15.5 Å². The van der Waals surface area contributed by atoms with Crippen molar-refractivity contribution in [3.63, 3.8) is 0 Å². The van der Waals surface area contributed by atoms with E-state index in [1.807, 2.05) is 0 Å². The van der Waals surface area contributed by atoms with Crippen LogP contribution in [0.3, 0.4) is 0 Å². The van der Waals surface area contributed by atoms with Gasteiger partial charge in [0.2, 0.25) is 5.91 Å².